The molecule has 0 unspecified atom stereocenters. The van der Waals surface area contributed by atoms with Crippen molar-refractivity contribution in [2.24, 2.45) is 5.10 Å². The summed E-state index contributed by atoms with van der Waals surface area (Å²) in [6.07, 6.45) is 4.62. The molecule has 2 aromatic carbocycles. The van der Waals surface area contributed by atoms with Gasteiger partial charge in [-0.05, 0) is 36.8 Å². The molecule has 3 aromatic rings. The summed E-state index contributed by atoms with van der Waals surface area (Å²) < 4.78 is 0. The molecule has 6 heteroatoms. The molecule has 0 saturated heterocycles. The zero-order chi connectivity index (χ0) is 19.1. The van der Waals surface area contributed by atoms with E-state index in [-0.39, 0.29) is 5.91 Å². The van der Waals surface area contributed by atoms with Crippen molar-refractivity contribution in [3.8, 4) is 0 Å². The van der Waals surface area contributed by atoms with Crippen LogP contribution in [0.5, 0.6) is 0 Å². The standard InChI is InChI=1S/C21H18N4O2/c1-15-6-4-7-16(12-15)13-23-25-21(27)18-9-2-3-10-19(18)24-20(26)17-8-5-11-22-14-17/h2-14H,1H3,(H,24,26)(H,25,27)/b23-13+. The van der Waals surface area contributed by atoms with Crippen molar-refractivity contribution < 1.29 is 9.59 Å². The average Bonchev–Trinajstić information content (AvgIpc) is 2.69. The monoisotopic (exact) mass is 358 g/mol. The Balaban J connectivity index is 1.71. The Morgan fingerprint density at radius 2 is 1.85 bits per heavy atom. The SMILES string of the molecule is Cc1cccc(/C=N/NC(=O)c2ccccc2NC(=O)c2cccnc2)c1. The van der Waals surface area contributed by atoms with Crippen molar-refractivity contribution in [2.45, 2.75) is 6.92 Å². The number of benzene rings is 2. The summed E-state index contributed by atoms with van der Waals surface area (Å²) in [7, 11) is 0. The van der Waals surface area contributed by atoms with E-state index in [9.17, 15) is 9.59 Å². The van der Waals surface area contributed by atoms with E-state index < -0.39 is 5.91 Å². The molecular weight excluding hydrogens is 340 g/mol. The Bertz CT molecular complexity index is 984. The summed E-state index contributed by atoms with van der Waals surface area (Å²) in [5.74, 6) is -0.757. The van der Waals surface area contributed by atoms with Gasteiger partial charge in [-0.1, -0.05) is 42.0 Å². The fourth-order valence-electron chi connectivity index (χ4n) is 2.46. The van der Waals surface area contributed by atoms with Gasteiger partial charge < -0.3 is 5.32 Å². The minimum Gasteiger partial charge on any atom is -0.321 e. The van der Waals surface area contributed by atoms with Crippen LogP contribution in [0.2, 0.25) is 0 Å². The highest BCUT2D eigenvalue weighted by atomic mass is 16.2. The highest BCUT2D eigenvalue weighted by molar-refractivity contribution is 6.08. The van der Waals surface area contributed by atoms with Crippen LogP contribution in [0.3, 0.4) is 0 Å². The van der Waals surface area contributed by atoms with E-state index in [0.717, 1.165) is 11.1 Å². The van der Waals surface area contributed by atoms with Crippen LogP contribution in [0, 0.1) is 6.92 Å². The van der Waals surface area contributed by atoms with Crippen LogP contribution in [0.15, 0.2) is 78.2 Å². The Hall–Kier alpha value is -3.80. The number of nitrogens with zero attached hydrogens (tertiary/aromatic N) is 2. The van der Waals surface area contributed by atoms with Crippen LogP contribution >= 0.6 is 0 Å². The van der Waals surface area contributed by atoms with Gasteiger partial charge in [-0.25, -0.2) is 5.43 Å². The first kappa shape index (κ1) is 18.0. The Morgan fingerprint density at radius 1 is 1.00 bits per heavy atom. The average molecular weight is 358 g/mol. The number of rotatable bonds is 5. The number of amides is 2. The maximum Gasteiger partial charge on any atom is 0.273 e. The number of para-hydroxylation sites is 1. The van der Waals surface area contributed by atoms with Gasteiger partial charge in [-0.3, -0.25) is 14.6 Å². The molecule has 0 fully saturated rings. The minimum absolute atomic E-state index is 0.316. The number of nitrogens with one attached hydrogen (secondary N) is 2. The van der Waals surface area contributed by atoms with Crippen molar-refractivity contribution in [1.29, 1.82) is 0 Å². The van der Waals surface area contributed by atoms with E-state index in [1.54, 1.807) is 48.8 Å². The summed E-state index contributed by atoms with van der Waals surface area (Å²) in [4.78, 5) is 28.7. The molecule has 0 saturated carbocycles. The molecule has 27 heavy (non-hydrogen) atoms. The summed E-state index contributed by atoms with van der Waals surface area (Å²) in [6.45, 7) is 1.98. The normalized spacial score (nSPS) is 10.6. The van der Waals surface area contributed by atoms with Crippen molar-refractivity contribution in [3.63, 3.8) is 0 Å². The Labute approximate surface area is 157 Å². The number of aryl methyl sites for hydroxylation is 1. The quantitative estimate of drug-likeness (QED) is 0.541. The van der Waals surface area contributed by atoms with Gasteiger partial charge in [-0.15, -0.1) is 0 Å². The third-order valence-electron chi connectivity index (χ3n) is 3.77. The van der Waals surface area contributed by atoms with Crippen LogP contribution in [0.25, 0.3) is 0 Å². The number of hydrogen-bond donors (Lipinski definition) is 2. The molecule has 1 aromatic heterocycles. The van der Waals surface area contributed by atoms with Gasteiger partial charge in [0.1, 0.15) is 0 Å². The van der Waals surface area contributed by atoms with Crippen molar-refractivity contribution in [2.75, 3.05) is 5.32 Å². The summed E-state index contributed by atoms with van der Waals surface area (Å²) in [5.41, 5.74) is 5.60. The molecule has 1 heterocycles. The molecule has 3 rings (SSSR count). The highest BCUT2D eigenvalue weighted by Gasteiger charge is 2.13. The number of carbonyl (C=O) groups excluding carboxylic acids is 2. The van der Waals surface area contributed by atoms with Crippen LogP contribution in [-0.4, -0.2) is 23.0 Å². The van der Waals surface area contributed by atoms with E-state index in [4.69, 9.17) is 0 Å². The zero-order valence-electron chi connectivity index (χ0n) is 14.7. The molecule has 0 aliphatic carbocycles. The predicted octanol–water partition coefficient (Wildman–Crippen LogP) is 3.41. The van der Waals surface area contributed by atoms with Crippen molar-refractivity contribution in [1.82, 2.24) is 10.4 Å². The van der Waals surface area contributed by atoms with E-state index in [0.29, 0.717) is 16.8 Å². The second-order valence-electron chi connectivity index (χ2n) is 5.85. The van der Waals surface area contributed by atoms with Gasteiger partial charge >= 0.3 is 0 Å². The van der Waals surface area contributed by atoms with Gasteiger partial charge in [0.25, 0.3) is 11.8 Å². The van der Waals surface area contributed by atoms with E-state index in [1.807, 2.05) is 31.2 Å². The summed E-state index contributed by atoms with van der Waals surface area (Å²) in [6, 6.07) is 17.8. The van der Waals surface area contributed by atoms with Crippen LogP contribution in [-0.2, 0) is 0 Å². The smallest absolute Gasteiger partial charge is 0.273 e. The summed E-state index contributed by atoms with van der Waals surface area (Å²) >= 11 is 0. The topological polar surface area (TPSA) is 83.5 Å². The fraction of sp³-hybridized carbons (Fsp3) is 0.0476. The first-order valence-electron chi connectivity index (χ1n) is 8.34. The molecular formula is C21H18N4O2. The highest BCUT2D eigenvalue weighted by Crippen LogP contribution is 2.16. The Kier molecular flexibility index (Phi) is 5.69. The van der Waals surface area contributed by atoms with Gasteiger partial charge in [0.2, 0.25) is 0 Å². The zero-order valence-corrected chi connectivity index (χ0v) is 14.7. The first-order valence-corrected chi connectivity index (χ1v) is 8.34. The summed E-state index contributed by atoms with van der Waals surface area (Å²) in [5, 5.41) is 6.72. The molecule has 0 spiro atoms. The molecule has 0 atom stereocenters. The second-order valence-corrected chi connectivity index (χ2v) is 5.85. The number of aromatic nitrogens is 1. The third kappa shape index (κ3) is 4.85. The lowest BCUT2D eigenvalue weighted by molar-refractivity contribution is 0.0956. The fourth-order valence-corrected chi connectivity index (χ4v) is 2.46. The van der Waals surface area contributed by atoms with Crippen LogP contribution < -0.4 is 10.7 Å². The van der Waals surface area contributed by atoms with Crippen molar-refractivity contribution >= 4 is 23.7 Å². The number of pyridine rings is 1. The van der Waals surface area contributed by atoms with E-state index >= 15 is 0 Å². The third-order valence-corrected chi connectivity index (χ3v) is 3.77. The molecule has 0 aliphatic rings. The van der Waals surface area contributed by atoms with Crippen LogP contribution in [0.4, 0.5) is 5.69 Å². The second kappa shape index (κ2) is 8.53. The van der Waals surface area contributed by atoms with Gasteiger partial charge in [-0.2, -0.15) is 5.10 Å². The number of hydrazone groups is 1. The minimum atomic E-state index is -0.416. The van der Waals surface area contributed by atoms with Gasteiger partial charge in [0.15, 0.2) is 0 Å². The lowest BCUT2D eigenvalue weighted by Crippen LogP contribution is -2.21. The maximum atomic E-state index is 12.5. The van der Waals surface area contributed by atoms with E-state index in [1.165, 1.54) is 6.20 Å². The molecule has 2 N–H and O–H groups in total. The number of anilines is 1. The largest absolute Gasteiger partial charge is 0.321 e. The molecule has 0 aliphatic heterocycles. The lowest BCUT2D eigenvalue weighted by Gasteiger charge is -2.09. The van der Waals surface area contributed by atoms with Gasteiger partial charge in [0, 0.05) is 12.4 Å². The van der Waals surface area contributed by atoms with Gasteiger partial charge in [0.05, 0.1) is 23.0 Å². The number of hydrogen-bond acceptors (Lipinski definition) is 4. The molecule has 0 bridgehead atoms. The predicted molar refractivity (Wildman–Crippen MR) is 105 cm³/mol. The molecule has 6 nitrogen and oxygen atoms in total. The molecule has 134 valence electrons. The van der Waals surface area contributed by atoms with E-state index in [2.05, 4.69) is 20.8 Å². The van der Waals surface area contributed by atoms with Crippen LogP contribution in [0.1, 0.15) is 31.8 Å². The number of carbonyl (C=O) groups is 2. The molecule has 2 amide bonds. The maximum absolute atomic E-state index is 12.5. The lowest BCUT2D eigenvalue weighted by atomic mass is 10.1. The Morgan fingerprint density at radius 3 is 2.63 bits per heavy atom. The molecule has 0 radical (unpaired) electrons. The van der Waals surface area contributed by atoms with Crippen molar-refractivity contribution in [3.05, 3.63) is 95.3 Å². The first-order chi connectivity index (χ1) is 13.1.